The standard InChI is InChI=1S/C29H31N5O7/c1-6-40-29(37)22-16-21-25(30-24-18(4)10-8-13-33(24)28(21)36)32(14-9-15-41-17(2)3)26(22)31-27(35)20-11-7-12-23(19(20)5)34(38)39/h7-8,10-13,16-17H,6,9,14-15H2,1-5H3. The molecule has 0 atom stereocenters. The van der Waals surface area contributed by atoms with E-state index in [4.69, 9.17) is 14.5 Å². The van der Waals surface area contributed by atoms with Gasteiger partial charge in [0, 0.05) is 31.0 Å². The number of nitro groups is 1. The van der Waals surface area contributed by atoms with E-state index in [1.54, 1.807) is 23.8 Å². The Bertz CT molecular complexity index is 1800. The predicted octanol–water partition coefficient (Wildman–Crippen LogP) is 3.91. The number of fused-ring (bicyclic) bond motifs is 2. The summed E-state index contributed by atoms with van der Waals surface area (Å²) in [4.78, 5) is 60.3. The van der Waals surface area contributed by atoms with E-state index in [0.717, 1.165) is 5.56 Å². The second kappa shape index (κ2) is 12.2. The third-order valence-electron chi connectivity index (χ3n) is 6.52. The van der Waals surface area contributed by atoms with Gasteiger partial charge in [-0.1, -0.05) is 12.1 Å². The number of pyridine rings is 2. The Morgan fingerprint density at radius 3 is 2.56 bits per heavy atom. The van der Waals surface area contributed by atoms with E-state index in [2.05, 4.69) is 4.99 Å². The van der Waals surface area contributed by atoms with Crippen molar-refractivity contribution in [1.82, 2.24) is 14.0 Å². The smallest absolute Gasteiger partial charge is 0.341 e. The lowest BCUT2D eigenvalue weighted by molar-refractivity contribution is -0.385. The number of benzene rings is 1. The van der Waals surface area contributed by atoms with E-state index < -0.39 is 22.4 Å². The van der Waals surface area contributed by atoms with Crippen LogP contribution in [0.1, 0.15) is 59.0 Å². The summed E-state index contributed by atoms with van der Waals surface area (Å²) < 4.78 is 13.9. The minimum absolute atomic E-state index is 0.00572. The van der Waals surface area contributed by atoms with E-state index in [1.165, 1.54) is 35.6 Å². The number of aromatic nitrogens is 3. The number of nitrogens with zero attached hydrogens (tertiary/aromatic N) is 5. The number of amides is 1. The molecule has 12 heteroatoms. The molecule has 0 N–H and O–H groups in total. The molecule has 0 saturated heterocycles. The molecule has 214 valence electrons. The van der Waals surface area contributed by atoms with Crippen LogP contribution in [0.5, 0.6) is 0 Å². The van der Waals surface area contributed by atoms with Gasteiger partial charge in [-0.05, 0) is 64.8 Å². The van der Waals surface area contributed by atoms with Crippen LogP contribution in [0.3, 0.4) is 0 Å². The molecule has 0 aliphatic heterocycles. The first-order chi connectivity index (χ1) is 19.5. The summed E-state index contributed by atoms with van der Waals surface area (Å²) in [5, 5.41) is 11.6. The molecule has 0 aliphatic rings. The lowest BCUT2D eigenvalue weighted by Gasteiger charge is -2.16. The average molecular weight is 562 g/mol. The zero-order valence-electron chi connectivity index (χ0n) is 23.5. The largest absolute Gasteiger partial charge is 0.462 e. The SMILES string of the molecule is CCOC(=O)c1cc2c(=O)n3cccc(C)c3nc2n(CCCOC(C)C)c1=NC(=O)c1cccc([N+](=O)[O-])c1C. The Labute approximate surface area is 235 Å². The van der Waals surface area contributed by atoms with Gasteiger partial charge in [0.05, 0.1) is 28.6 Å². The molecule has 0 spiro atoms. The lowest BCUT2D eigenvalue weighted by Crippen LogP contribution is -2.33. The first kappa shape index (κ1) is 29.3. The summed E-state index contributed by atoms with van der Waals surface area (Å²) >= 11 is 0. The van der Waals surface area contributed by atoms with Crippen molar-refractivity contribution < 1.29 is 24.0 Å². The molecule has 0 unspecified atom stereocenters. The van der Waals surface area contributed by atoms with Gasteiger partial charge in [0.2, 0.25) is 0 Å². The molecule has 0 fully saturated rings. The molecule has 3 aromatic heterocycles. The van der Waals surface area contributed by atoms with E-state index >= 15 is 0 Å². The zero-order chi connectivity index (χ0) is 29.8. The van der Waals surface area contributed by atoms with E-state index in [9.17, 15) is 24.5 Å². The number of rotatable bonds is 9. The second-order valence-corrected chi connectivity index (χ2v) is 9.69. The van der Waals surface area contributed by atoms with Crippen molar-refractivity contribution in [2.45, 2.75) is 53.7 Å². The Balaban J connectivity index is 2.08. The van der Waals surface area contributed by atoms with Crippen LogP contribution in [0.15, 0.2) is 52.4 Å². The van der Waals surface area contributed by atoms with Crippen molar-refractivity contribution in [2.75, 3.05) is 13.2 Å². The summed E-state index contributed by atoms with van der Waals surface area (Å²) in [6, 6.07) is 9.01. The summed E-state index contributed by atoms with van der Waals surface area (Å²) in [6.45, 7) is 9.33. The van der Waals surface area contributed by atoms with Crippen molar-refractivity contribution in [3.63, 3.8) is 0 Å². The number of carbonyl (C=O) groups excluding carboxylic acids is 2. The van der Waals surface area contributed by atoms with Crippen LogP contribution < -0.4 is 11.0 Å². The average Bonchev–Trinajstić information content (AvgIpc) is 2.92. The van der Waals surface area contributed by atoms with Crippen molar-refractivity contribution in [1.29, 1.82) is 0 Å². The second-order valence-electron chi connectivity index (χ2n) is 9.69. The molecule has 1 aromatic carbocycles. The van der Waals surface area contributed by atoms with Gasteiger partial charge in [0.15, 0.2) is 5.49 Å². The molecule has 3 heterocycles. The number of aryl methyl sites for hydroxylation is 2. The zero-order valence-corrected chi connectivity index (χ0v) is 23.5. The van der Waals surface area contributed by atoms with Crippen molar-refractivity contribution >= 4 is 34.2 Å². The van der Waals surface area contributed by atoms with Crippen LogP contribution in [0.25, 0.3) is 16.7 Å². The number of hydrogen-bond acceptors (Lipinski definition) is 8. The Hall–Kier alpha value is -4.71. The fraction of sp³-hybridized carbons (Fsp3) is 0.345. The summed E-state index contributed by atoms with van der Waals surface area (Å²) in [5.74, 6) is -1.57. The van der Waals surface area contributed by atoms with E-state index in [0.29, 0.717) is 18.7 Å². The lowest BCUT2D eigenvalue weighted by atomic mass is 10.1. The molecule has 0 bridgehead atoms. The van der Waals surface area contributed by atoms with Crippen LogP contribution in [-0.2, 0) is 16.0 Å². The predicted molar refractivity (Wildman–Crippen MR) is 151 cm³/mol. The van der Waals surface area contributed by atoms with E-state index in [1.807, 2.05) is 26.8 Å². The highest BCUT2D eigenvalue weighted by atomic mass is 16.6. The van der Waals surface area contributed by atoms with Gasteiger partial charge in [-0.15, -0.1) is 0 Å². The van der Waals surface area contributed by atoms with Gasteiger partial charge in [0.1, 0.15) is 16.9 Å². The minimum Gasteiger partial charge on any atom is -0.462 e. The third-order valence-corrected chi connectivity index (χ3v) is 6.52. The number of esters is 1. The summed E-state index contributed by atoms with van der Waals surface area (Å²) in [5.41, 5.74) is 0.720. The van der Waals surface area contributed by atoms with Crippen LogP contribution >= 0.6 is 0 Å². The maximum Gasteiger partial charge on any atom is 0.341 e. The Morgan fingerprint density at radius 1 is 1.12 bits per heavy atom. The Morgan fingerprint density at radius 2 is 1.88 bits per heavy atom. The fourth-order valence-corrected chi connectivity index (χ4v) is 4.53. The molecule has 4 aromatic rings. The summed E-state index contributed by atoms with van der Waals surface area (Å²) in [6.07, 6.45) is 2.03. The number of nitro benzene ring substituents is 1. The summed E-state index contributed by atoms with van der Waals surface area (Å²) in [7, 11) is 0. The van der Waals surface area contributed by atoms with Crippen LogP contribution in [-0.4, -0.2) is 50.1 Å². The number of carbonyl (C=O) groups is 2. The highest BCUT2D eigenvalue weighted by molar-refractivity contribution is 5.98. The van der Waals surface area contributed by atoms with Gasteiger partial charge in [0.25, 0.3) is 17.2 Å². The van der Waals surface area contributed by atoms with Crippen LogP contribution in [0, 0.1) is 24.0 Å². The molecule has 0 aliphatic carbocycles. The molecule has 4 rings (SSSR count). The van der Waals surface area contributed by atoms with Gasteiger partial charge in [-0.25, -0.2) is 9.78 Å². The Kier molecular flexibility index (Phi) is 8.72. The maximum atomic E-state index is 13.6. The normalized spacial score (nSPS) is 11.9. The van der Waals surface area contributed by atoms with Crippen molar-refractivity contribution in [2.24, 2.45) is 4.99 Å². The molecule has 0 radical (unpaired) electrons. The fourth-order valence-electron chi connectivity index (χ4n) is 4.53. The van der Waals surface area contributed by atoms with Crippen molar-refractivity contribution in [3.05, 3.63) is 90.8 Å². The highest BCUT2D eigenvalue weighted by Gasteiger charge is 2.22. The molecular formula is C29H31N5O7. The minimum atomic E-state index is -0.794. The van der Waals surface area contributed by atoms with Crippen LogP contribution in [0.4, 0.5) is 5.69 Å². The first-order valence-corrected chi connectivity index (χ1v) is 13.2. The molecular weight excluding hydrogens is 530 g/mol. The quantitative estimate of drug-likeness (QED) is 0.0982. The highest BCUT2D eigenvalue weighted by Crippen LogP contribution is 2.22. The number of ether oxygens (including phenoxy) is 2. The maximum absolute atomic E-state index is 13.6. The monoisotopic (exact) mass is 561 g/mol. The molecule has 1 amide bonds. The third kappa shape index (κ3) is 5.92. The molecule has 41 heavy (non-hydrogen) atoms. The van der Waals surface area contributed by atoms with Gasteiger partial charge in [-0.2, -0.15) is 4.99 Å². The number of hydrogen-bond donors (Lipinski definition) is 0. The van der Waals surface area contributed by atoms with Gasteiger partial charge < -0.3 is 14.0 Å². The van der Waals surface area contributed by atoms with Gasteiger partial charge in [-0.3, -0.25) is 24.1 Å². The van der Waals surface area contributed by atoms with E-state index in [-0.39, 0.29) is 58.2 Å². The van der Waals surface area contributed by atoms with Gasteiger partial charge >= 0.3 is 5.97 Å². The molecule has 12 nitrogen and oxygen atoms in total. The van der Waals surface area contributed by atoms with Crippen molar-refractivity contribution in [3.8, 4) is 0 Å². The topological polar surface area (TPSA) is 147 Å². The molecule has 0 saturated carbocycles. The first-order valence-electron chi connectivity index (χ1n) is 13.2. The van der Waals surface area contributed by atoms with Crippen LogP contribution in [0.2, 0.25) is 0 Å².